The summed E-state index contributed by atoms with van der Waals surface area (Å²) in [4.78, 5) is 11.1. The quantitative estimate of drug-likeness (QED) is 0.814. The van der Waals surface area contributed by atoms with Crippen LogP contribution in [0.4, 0.5) is 0 Å². The zero-order chi connectivity index (χ0) is 11.3. The molecule has 82 valence electrons. The monoisotopic (exact) mass is 226 g/mol. The first-order valence-electron chi connectivity index (χ1n) is 4.87. The molecule has 1 aromatic rings. The summed E-state index contributed by atoms with van der Waals surface area (Å²) in [6, 6.07) is 7.12. The van der Waals surface area contributed by atoms with E-state index in [1.807, 2.05) is 24.3 Å². The van der Waals surface area contributed by atoms with Crippen LogP contribution in [0.5, 0.6) is 0 Å². The fourth-order valence-electron chi connectivity index (χ4n) is 1.14. The largest absolute Gasteiger partial charge is 0.354 e. The number of hydrogen-bond acceptors (Lipinski definition) is 2. The van der Waals surface area contributed by atoms with Crippen molar-refractivity contribution in [3.8, 4) is 0 Å². The summed E-state index contributed by atoms with van der Waals surface area (Å²) in [6.45, 7) is 2.26. The standard InChI is InChI=1S/C11H15ClN2O/c1-8(13)11(15)14-7-6-9-2-4-10(12)5-3-9/h2-5,8H,6-7,13H2,1H3,(H,14,15)/t8-/m0/s1. The van der Waals surface area contributed by atoms with E-state index in [1.54, 1.807) is 6.92 Å². The Labute approximate surface area is 94.6 Å². The second-order valence-electron chi connectivity index (χ2n) is 3.46. The Morgan fingerprint density at radius 2 is 2.07 bits per heavy atom. The van der Waals surface area contributed by atoms with Crippen molar-refractivity contribution in [2.45, 2.75) is 19.4 Å². The van der Waals surface area contributed by atoms with Crippen molar-refractivity contribution in [3.63, 3.8) is 0 Å². The molecule has 0 fully saturated rings. The van der Waals surface area contributed by atoms with Crippen LogP contribution >= 0.6 is 11.6 Å². The van der Waals surface area contributed by atoms with Gasteiger partial charge in [-0.25, -0.2) is 0 Å². The zero-order valence-electron chi connectivity index (χ0n) is 8.66. The molecule has 1 rings (SSSR count). The number of rotatable bonds is 4. The van der Waals surface area contributed by atoms with E-state index < -0.39 is 6.04 Å². The molecule has 0 unspecified atom stereocenters. The van der Waals surface area contributed by atoms with Gasteiger partial charge in [0.15, 0.2) is 0 Å². The van der Waals surface area contributed by atoms with Gasteiger partial charge in [-0.15, -0.1) is 0 Å². The average Bonchev–Trinajstić information content (AvgIpc) is 2.20. The number of benzene rings is 1. The Morgan fingerprint density at radius 3 is 2.60 bits per heavy atom. The van der Waals surface area contributed by atoms with Crippen LogP contribution in [-0.2, 0) is 11.2 Å². The molecule has 3 N–H and O–H groups in total. The van der Waals surface area contributed by atoms with E-state index in [4.69, 9.17) is 17.3 Å². The van der Waals surface area contributed by atoms with E-state index in [9.17, 15) is 4.79 Å². The molecule has 0 bridgehead atoms. The number of amides is 1. The van der Waals surface area contributed by atoms with E-state index in [0.29, 0.717) is 6.54 Å². The van der Waals surface area contributed by atoms with Crippen LogP contribution in [0.3, 0.4) is 0 Å². The number of halogens is 1. The lowest BCUT2D eigenvalue weighted by Crippen LogP contribution is -2.39. The van der Waals surface area contributed by atoms with Crippen LogP contribution in [0.1, 0.15) is 12.5 Å². The van der Waals surface area contributed by atoms with Gasteiger partial charge in [-0.2, -0.15) is 0 Å². The number of nitrogens with one attached hydrogen (secondary N) is 1. The van der Waals surface area contributed by atoms with Gasteiger partial charge in [0.2, 0.25) is 5.91 Å². The van der Waals surface area contributed by atoms with Crippen molar-refractivity contribution in [2.24, 2.45) is 5.73 Å². The molecular weight excluding hydrogens is 212 g/mol. The van der Waals surface area contributed by atoms with Crippen LogP contribution in [0.15, 0.2) is 24.3 Å². The molecule has 1 amide bonds. The Hall–Kier alpha value is -1.06. The fourth-order valence-corrected chi connectivity index (χ4v) is 1.27. The van der Waals surface area contributed by atoms with Crippen molar-refractivity contribution in [1.82, 2.24) is 5.32 Å². The number of carbonyl (C=O) groups is 1. The van der Waals surface area contributed by atoms with Gasteiger partial charge in [-0.1, -0.05) is 23.7 Å². The van der Waals surface area contributed by atoms with Gasteiger partial charge in [0.1, 0.15) is 0 Å². The highest BCUT2D eigenvalue weighted by molar-refractivity contribution is 6.30. The van der Waals surface area contributed by atoms with E-state index in [1.165, 1.54) is 0 Å². The topological polar surface area (TPSA) is 55.1 Å². The summed E-state index contributed by atoms with van der Waals surface area (Å²) >= 11 is 5.75. The smallest absolute Gasteiger partial charge is 0.236 e. The van der Waals surface area contributed by atoms with Gasteiger partial charge in [0.05, 0.1) is 6.04 Å². The second-order valence-corrected chi connectivity index (χ2v) is 3.89. The second kappa shape index (κ2) is 5.73. The maximum absolute atomic E-state index is 11.1. The lowest BCUT2D eigenvalue weighted by atomic mass is 10.1. The van der Waals surface area contributed by atoms with Gasteiger partial charge in [0.25, 0.3) is 0 Å². The minimum Gasteiger partial charge on any atom is -0.354 e. The van der Waals surface area contributed by atoms with Crippen LogP contribution in [0.25, 0.3) is 0 Å². The van der Waals surface area contributed by atoms with Crippen molar-refractivity contribution in [2.75, 3.05) is 6.54 Å². The minimum absolute atomic E-state index is 0.121. The predicted molar refractivity (Wildman–Crippen MR) is 61.8 cm³/mol. The Kier molecular flexibility index (Phi) is 4.59. The number of carbonyl (C=O) groups excluding carboxylic acids is 1. The number of nitrogens with two attached hydrogens (primary N) is 1. The first-order valence-corrected chi connectivity index (χ1v) is 5.25. The molecule has 0 saturated heterocycles. The molecule has 15 heavy (non-hydrogen) atoms. The summed E-state index contributed by atoms with van der Waals surface area (Å²) in [7, 11) is 0. The van der Waals surface area contributed by atoms with Gasteiger partial charge in [0, 0.05) is 11.6 Å². The molecule has 1 atom stereocenters. The van der Waals surface area contributed by atoms with E-state index in [0.717, 1.165) is 17.0 Å². The summed E-state index contributed by atoms with van der Waals surface area (Å²) in [5.74, 6) is -0.121. The highest BCUT2D eigenvalue weighted by Gasteiger charge is 2.05. The first-order chi connectivity index (χ1) is 7.09. The molecule has 0 heterocycles. The van der Waals surface area contributed by atoms with Crippen LogP contribution in [0.2, 0.25) is 5.02 Å². The van der Waals surface area contributed by atoms with Crippen molar-refractivity contribution in [1.29, 1.82) is 0 Å². The molecule has 0 aliphatic heterocycles. The normalized spacial score (nSPS) is 12.2. The molecule has 1 aromatic carbocycles. The third-order valence-corrected chi connectivity index (χ3v) is 2.29. The molecule has 4 heteroatoms. The Morgan fingerprint density at radius 1 is 1.47 bits per heavy atom. The lowest BCUT2D eigenvalue weighted by Gasteiger charge is -2.07. The van der Waals surface area contributed by atoms with Crippen LogP contribution in [0, 0.1) is 0 Å². The molecule has 3 nitrogen and oxygen atoms in total. The lowest BCUT2D eigenvalue weighted by molar-refractivity contribution is -0.121. The van der Waals surface area contributed by atoms with Gasteiger partial charge in [-0.3, -0.25) is 4.79 Å². The van der Waals surface area contributed by atoms with Crippen molar-refractivity contribution < 1.29 is 4.79 Å². The molecule has 0 aliphatic rings. The highest BCUT2D eigenvalue weighted by Crippen LogP contribution is 2.09. The summed E-state index contributed by atoms with van der Waals surface area (Å²) < 4.78 is 0. The van der Waals surface area contributed by atoms with Gasteiger partial charge < -0.3 is 11.1 Å². The molecule has 0 aliphatic carbocycles. The average molecular weight is 227 g/mol. The molecule has 0 saturated carbocycles. The van der Waals surface area contributed by atoms with Gasteiger partial charge >= 0.3 is 0 Å². The number of hydrogen-bond donors (Lipinski definition) is 2. The molecule has 0 radical (unpaired) electrons. The Bertz CT molecular complexity index is 322. The van der Waals surface area contributed by atoms with E-state index in [-0.39, 0.29) is 5.91 Å². The third kappa shape index (κ3) is 4.32. The molecule has 0 aromatic heterocycles. The Balaban J connectivity index is 2.32. The minimum atomic E-state index is -0.449. The third-order valence-electron chi connectivity index (χ3n) is 2.04. The molecule has 0 spiro atoms. The van der Waals surface area contributed by atoms with Crippen LogP contribution < -0.4 is 11.1 Å². The SMILES string of the molecule is C[C@H](N)C(=O)NCCc1ccc(Cl)cc1. The van der Waals surface area contributed by atoms with E-state index in [2.05, 4.69) is 5.32 Å². The zero-order valence-corrected chi connectivity index (χ0v) is 9.42. The molecular formula is C11H15ClN2O. The maximum atomic E-state index is 11.1. The fraction of sp³-hybridized carbons (Fsp3) is 0.364. The van der Waals surface area contributed by atoms with Crippen molar-refractivity contribution >= 4 is 17.5 Å². The maximum Gasteiger partial charge on any atom is 0.236 e. The van der Waals surface area contributed by atoms with Crippen molar-refractivity contribution in [3.05, 3.63) is 34.9 Å². The summed E-state index contributed by atoms with van der Waals surface area (Å²) in [5, 5.41) is 3.47. The highest BCUT2D eigenvalue weighted by atomic mass is 35.5. The van der Waals surface area contributed by atoms with E-state index >= 15 is 0 Å². The summed E-state index contributed by atoms with van der Waals surface area (Å²) in [6.07, 6.45) is 0.787. The predicted octanol–water partition coefficient (Wildman–Crippen LogP) is 1.35. The van der Waals surface area contributed by atoms with Gasteiger partial charge in [-0.05, 0) is 31.0 Å². The summed E-state index contributed by atoms with van der Waals surface area (Å²) in [5.41, 5.74) is 6.55. The van der Waals surface area contributed by atoms with Crippen LogP contribution in [-0.4, -0.2) is 18.5 Å². The first kappa shape index (κ1) is 12.0.